The first-order valence-corrected chi connectivity index (χ1v) is 9.32. The van der Waals surface area contributed by atoms with E-state index in [9.17, 15) is 4.39 Å². The average molecular weight is 336 g/mol. The highest BCUT2D eigenvalue weighted by Crippen LogP contribution is 2.38. The van der Waals surface area contributed by atoms with Gasteiger partial charge in [0, 0.05) is 5.56 Å². The largest absolute Gasteiger partial charge is 0.330 e. The maximum Gasteiger partial charge on any atom is 0.130 e. The molecular weight excluding hydrogens is 297 g/mol. The van der Waals surface area contributed by atoms with Crippen molar-refractivity contribution in [3.8, 4) is 0 Å². The molecule has 0 saturated carbocycles. The molecule has 1 rings (SSSR count). The van der Waals surface area contributed by atoms with Crippen LogP contribution in [-0.4, -0.2) is 6.54 Å². The van der Waals surface area contributed by atoms with E-state index in [4.69, 9.17) is 5.73 Å². The smallest absolute Gasteiger partial charge is 0.130 e. The Morgan fingerprint density at radius 3 is 2.00 bits per heavy atom. The minimum Gasteiger partial charge on any atom is -0.330 e. The number of rotatable bonds is 7. The molecule has 0 heterocycles. The maximum atomic E-state index is 13.2. The second-order valence-corrected chi connectivity index (χ2v) is 7.33. The first-order chi connectivity index (χ1) is 11.2. The standard InChI is InChI=1S/C11H13F.C11H25N/c1-4-9-5-6-10(8(2)3)11(12)7-9;1-6-10(7-2)11(5,8-12)9(3)4/h5-7H,2,4H2,1,3H3;9-10H,6-8,12H2,1-5H3. The Morgan fingerprint density at radius 1 is 1.21 bits per heavy atom. The summed E-state index contributed by atoms with van der Waals surface area (Å²) in [5.74, 6) is 1.30. The minimum absolute atomic E-state index is 0.165. The van der Waals surface area contributed by atoms with Crippen molar-refractivity contribution in [2.75, 3.05) is 6.54 Å². The molecule has 2 N–H and O–H groups in total. The quantitative estimate of drug-likeness (QED) is 0.607. The number of nitrogens with two attached hydrogens (primary N) is 1. The van der Waals surface area contributed by atoms with Crippen molar-refractivity contribution in [3.05, 3.63) is 41.7 Å². The van der Waals surface area contributed by atoms with Gasteiger partial charge in [-0.2, -0.15) is 0 Å². The highest BCUT2D eigenvalue weighted by molar-refractivity contribution is 5.62. The number of hydrogen-bond donors (Lipinski definition) is 1. The number of halogens is 1. The fraction of sp³-hybridized carbons (Fsp3) is 0.636. The van der Waals surface area contributed by atoms with Gasteiger partial charge in [0.15, 0.2) is 0 Å². The summed E-state index contributed by atoms with van der Waals surface area (Å²) in [4.78, 5) is 0. The third-order valence-corrected chi connectivity index (χ3v) is 5.58. The molecule has 1 nitrogen and oxygen atoms in total. The average Bonchev–Trinajstić information content (AvgIpc) is 2.55. The summed E-state index contributed by atoms with van der Waals surface area (Å²) in [6.07, 6.45) is 3.37. The second kappa shape index (κ2) is 10.7. The summed E-state index contributed by atoms with van der Waals surface area (Å²) in [6.45, 7) is 19.8. The first kappa shape index (κ1) is 22.9. The Bertz CT molecular complexity index is 503. The van der Waals surface area contributed by atoms with Gasteiger partial charge in [0.2, 0.25) is 0 Å². The molecule has 0 fully saturated rings. The Kier molecular flexibility index (Phi) is 10.1. The molecule has 1 aromatic carbocycles. The van der Waals surface area contributed by atoms with Gasteiger partial charge in [-0.1, -0.05) is 73.1 Å². The van der Waals surface area contributed by atoms with Gasteiger partial charge in [0.05, 0.1) is 0 Å². The van der Waals surface area contributed by atoms with Gasteiger partial charge in [-0.05, 0) is 54.3 Å². The van der Waals surface area contributed by atoms with Crippen molar-refractivity contribution < 1.29 is 4.39 Å². The van der Waals surface area contributed by atoms with Crippen molar-refractivity contribution >= 4 is 5.57 Å². The van der Waals surface area contributed by atoms with Crippen LogP contribution in [0.15, 0.2) is 24.8 Å². The van der Waals surface area contributed by atoms with E-state index >= 15 is 0 Å². The van der Waals surface area contributed by atoms with E-state index in [0.717, 1.165) is 30.0 Å². The summed E-state index contributed by atoms with van der Waals surface area (Å²) in [6, 6.07) is 5.30. The van der Waals surface area contributed by atoms with Crippen molar-refractivity contribution in [1.29, 1.82) is 0 Å². The molecule has 2 heteroatoms. The summed E-state index contributed by atoms with van der Waals surface area (Å²) in [7, 11) is 0. The Balaban J connectivity index is 0.000000441. The van der Waals surface area contributed by atoms with Crippen LogP contribution in [0, 0.1) is 23.1 Å². The predicted molar refractivity (Wildman–Crippen MR) is 107 cm³/mol. The Morgan fingerprint density at radius 2 is 1.75 bits per heavy atom. The van der Waals surface area contributed by atoms with Crippen LogP contribution < -0.4 is 5.73 Å². The molecule has 0 aliphatic heterocycles. The van der Waals surface area contributed by atoms with Crippen LogP contribution in [0.5, 0.6) is 0 Å². The van der Waals surface area contributed by atoms with E-state index in [2.05, 4.69) is 41.2 Å². The lowest BCUT2D eigenvalue weighted by Gasteiger charge is -2.39. The number of benzene rings is 1. The van der Waals surface area contributed by atoms with Crippen LogP contribution in [0.25, 0.3) is 5.57 Å². The van der Waals surface area contributed by atoms with Gasteiger partial charge in [-0.15, -0.1) is 0 Å². The summed E-state index contributed by atoms with van der Waals surface area (Å²) in [5.41, 5.74) is 8.61. The van der Waals surface area contributed by atoms with Crippen LogP contribution in [0.2, 0.25) is 0 Å². The molecule has 0 radical (unpaired) electrons. The Hall–Kier alpha value is -1.15. The van der Waals surface area contributed by atoms with Crippen molar-refractivity contribution in [2.24, 2.45) is 23.0 Å². The molecular formula is C22H38FN. The molecule has 0 aromatic heterocycles. The van der Waals surface area contributed by atoms with Crippen LogP contribution in [0.4, 0.5) is 4.39 Å². The predicted octanol–water partition coefficient (Wildman–Crippen LogP) is 6.46. The van der Waals surface area contributed by atoms with Gasteiger partial charge in [-0.3, -0.25) is 0 Å². The molecule has 138 valence electrons. The van der Waals surface area contributed by atoms with E-state index in [1.165, 1.54) is 12.8 Å². The van der Waals surface area contributed by atoms with Gasteiger partial charge < -0.3 is 5.73 Å². The van der Waals surface area contributed by atoms with E-state index in [1.54, 1.807) is 12.1 Å². The summed E-state index contributed by atoms with van der Waals surface area (Å²) < 4.78 is 13.2. The third kappa shape index (κ3) is 6.05. The fourth-order valence-corrected chi connectivity index (χ4v) is 3.22. The topological polar surface area (TPSA) is 26.0 Å². The summed E-state index contributed by atoms with van der Waals surface area (Å²) >= 11 is 0. The number of hydrogen-bond acceptors (Lipinski definition) is 1. The van der Waals surface area contributed by atoms with E-state index in [-0.39, 0.29) is 5.82 Å². The zero-order chi connectivity index (χ0) is 18.9. The van der Waals surface area contributed by atoms with Crippen molar-refractivity contribution in [3.63, 3.8) is 0 Å². The molecule has 0 saturated heterocycles. The molecule has 24 heavy (non-hydrogen) atoms. The molecule has 0 aliphatic rings. The molecule has 0 amide bonds. The zero-order valence-electron chi connectivity index (χ0n) is 16.9. The highest BCUT2D eigenvalue weighted by Gasteiger charge is 2.33. The normalized spacial score (nSPS) is 13.5. The third-order valence-electron chi connectivity index (χ3n) is 5.58. The molecule has 1 atom stereocenters. The van der Waals surface area contributed by atoms with E-state index in [0.29, 0.717) is 16.9 Å². The number of aryl methyl sites for hydroxylation is 1. The van der Waals surface area contributed by atoms with Crippen LogP contribution >= 0.6 is 0 Å². The minimum atomic E-state index is -0.165. The molecule has 1 unspecified atom stereocenters. The molecule has 1 aromatic rings. The lowest BCUT2D eigenvalue weighted by molar-refractivity contribution is 0.115. The van der Waals surface area contributed by atoms with Crippen LogP contribution in [-0.2, 0) is 6.42 Å². The lowest BCUT2D eigenvalue weighted by atomic mass is 9.67. The van der Waals surface area contributed by atoms with Crippen LogP contribution in [0.3, 0.4) is 0 Å². The molecule has 0 aliphatic carbocycles. The monoisotopic (exact) mass is 335 g/mol. The SMILES string of the molecule is C=C(C)c1ccc(CC)cc1F.CCC(CC)C(C)(CN)C(C)C. The first-order valence-electron chi connectivity index (χ1n) is 9.32. The van der Waals surface area contributed by atoms with Crippen LogP contribution in [0.1, 0.15) is 72.4 Å². The zero-order valence-corrected chi connectivity index (χ0v) is 16.9. The van der Waals surface area contributed by atoms with Crippen molar-refractivity contribution in [2.45, 2.75) is 67.7 Å². The van der Waals surface area contributed by atoms with Gasteiger partial charge in [0.1, 0.15) is 5.82 Å². The number of allylic oxidation sites excluding steroid dienone is 1. The summed E-state index contributed by atoms with van der Waals surface area (Å²) in [5, 5.41) is 0. The maximum absolute atomic E-state index is 13.2. The highest BCUT2D eigenvalue weighted by atomic mass is 19.1. The van der Waals surface area contributed by atoms with E-state index in [1.807, 2.05) is 19.9 Å². The van der Waals surface area contributed by atoms with Crippen molar-refractivity contribution in [1.82, 2.24) is 0 Å². The van der Waals surface area contributed by atoms with Gasteiger partial charge >= 0.3 is 0 Å². The van der Waals surface area contributed by atoms with Gasteiger partial charge in [-0.25, -0.2) is 4.39 Å². The fourth-order valence-electron chi connectivity index (χ4n) is 3.22. The lowest BCUT2D eigenvalue weighted by Crippen LogP contribution is -2.39. The molecule has 0 spiro atoms. The van der Waals surface area contributed by atoms with E-state index < -0.39 is 0 Å². The Labute approximate surface area is 149 Å². The molecule has 0 bridgehead atoms. The van der Waals surface area contributed by atoms with Gasteiger partial charge in [0.25, 0.3) is 0 Å². The second-order valence-electron chi connectivity index (χ2n) is 7.33.